The predicted octanol–water partition coefficient (Wildman–Crippen LogP) is -1.08. The van der Waals surface area contributed by atoms with Crippen LogP contribution in [0.1, 0.15) is 0 Å². The summed E-state index contributed by atoms with van der Waals surface area (Å²) in [5.74, 6) is -0.147. The Hall–Kier alpha value is -0.930. The average molecular weight is 182 g/mol. The van der Waals surface area contributed by atoms with Crippen molar-refractivity contribution in [2.24, 2.45) is 0 Å². The highest BCUT2D eigenvalue weighted by Gasteiger charge is 2.17. The van der Waals surface area contributed by atoms with Crippen LogP contribution in [0.3, 0.4) is 0 Å². The summed E-state index contributed by atoms with van der Waals surface area (Å²) in [6.45, 7) is 4.64. The van der Waals surface area contributed by atoms with E-state index in [0.717, 1.165) is 13.1 Å². The van der Waals surface area contributed by atoms with Crippen molar-refractivity contribution < 1.29 is 14.6 Å². The van der Waals surface area contributed by atoms with Crippen LogP contribution in [-0.2, 0) is 0 Å². The molecule has 1 aliphatic heterocycles. The Labute approximate surface area is 77.4 Å². The number of quaternary nitrogens is 2. The Balaban J connectivity index is 2.10. The van der Waals surface area contributed by atoms with Crippen LogP contribution in [0.15, 0.2) is 24.3 Å². The van der Waals surface area contributed by atoms with E-state index in [0.29, 0.717) is 0 Å². The van der Waals surface area contributed by atoms with Gasteiger partial charge < -0.3 is 5.32 Å². The quantitative estimate of drug-likeness (QED) is 0.551. The topological polar surface area (TPSA) is 21.1 Å². The van der Waals surface area contributed by atoms with E-state index < -0.39 is 0 Å². The van der Waals surface area contributed by atoms with Gasteiger partial charge in [-0.2, -0.15) is 0 Å². The number of rotatable bonds is 1. The van der Waals surface area contributed by atoms with Crippen molar-refractivity contribution in [2.45, 2.75) is 0 Å². The first-order valence-corrected chi connectivity index (χ1v) is 4.78. The highest BCUT2D eigenvalue weighted by molar-refractivity contribution is 5.28. The molecule has 1 heterocycles. The fourth-order valence-corrected chi connectivity index (χ4v) is 1.80. The van der Waals surface area contributed by atoms with Crippen LogP contribution in [0.25, 0.3) is 0 Å². The minimum absolute atomic E-state index is 0.147. The molecule has 0 unspecified atom stereocenters. The molecular weight excluding hydrogens is 167 g/mol. The summed E-state index contributed by atoms with van der Waals surface area (Å²) in [6.07, 6.45) is 0. The molecule has 1 aromatic rings. The van der Waals surface area contributed by atoms with E-state index in [1.165, 1.54) is 23.7 Å². The largest absolute Gasteiger partial charge is 0.337 e. The van der Waals surface area contributed by atoms with E-state index in [-0.39, 0.29) is 5.82 Å². The second kappa shape index (κ2) is 3.85. The monoisotopic (exact) mass is 182 g/mol. The fourth-order valence-electron chi connectivity index (χ4n) is 1.80. The third-order valence-corrected chi connectivity index (χ3v) is 2.55. The summed E-state index contributed by atoms with van der Waals surface area (Å²) >= 11 is 0. The highest BCUT2D eigenvalue weighted by atomic mass is 19.1. The maximum atomic E-state index is 12.6. The van der Waals surface area contributed by atoms with Crippen LogP contribution in [0.4, 0.5) is 10.1 Å². The zero-order chi connectivity index (χ0) is 9.10. The zero-order valence-corrected chi connectivity index (χ0v) is 7.59. The van der Waals surface area contributed by atoms with Crippen LogP contribution in [-0.4, -0.2) is 26.2 Å². The normalized spacial score (nSPS) is 18.8. The number of nitrogens with one attached hydrogen (secondary N) is 1. The highest BCUT2D eigenvalue weighted by Crippen LogP contribution is 2.02. The minimum Gasteiger partial charge on any atom is -0.337 e. The molecule has 0 amide bonds. The Bertz CT molecular complexity index is 265. The minimum atomic E-state index is -0.147. The van der Waals surface area contributed by atoms with E-state index in [1.807, 2.05) is 12.1 Å². The van der Waals surface area contributed by atoms with Gasteiger partial charge in [0.05, 0.1) is 0 Å². The first kappa shape index (κ1) is 8.66. The maximum Gasteiger partial charge on any atom is 0.132 e. The Morgan fingerprint density at radius 1 is 1.08 bits per heavy atom. The summed E-state index contributed by atoms with van der Waals surface area (Å²) < 4.78 is 12.6. The Morgan fingerprint density at radius 3 is 2.31 bits per heavy atom. The average Bonchev–Trinajstić information content (AvgIpc) is 2.20. The van der Waals surface area contributed by atoms with Crippen LogP contribution in [0.5, 0.6) is 0 Å². The second-order valence-electron chi connectivity index (χ2n) is 3.48. The lowest BCUT2D eigenvalue weighted by Gasteiger charge is -2.21. The molecular formula is C10H15FN2+2. The number of hydrogen-bond acceptors (Lipinski definition) is 0. The smallest absolute Gasteiger partial charge is 0.132 e. The second-order valence-corrected chi connectivity index (χ2v) is 3.48. The van der Waals surface area contributed by atoms with E-state index in [9.17, 15) is 4.39 Å². The lowest BCUT2D eigenvalue weighted by Crippen LogP contribution is -3.17. The zero-order valence-electron chi connectivity index (χ0n) is 7.59. The molecule has 1 aromatic carbocycles. The molecule has 0 atom stereocenters. The standard InChI is InChI=1S/C10H13FN2/c11-9-1-3-10(4-2-9)13-7-5-12-6-8-13/h1-4,12H,5-8H2/p+2. The molecule has 3 N–H and O–H groups in total. The molecule has 2 rings (SSSR count). The van der Waals surface area contributed by atoms with E-state index in [4.69, 9.17) is 0 Å². The van der Waals surface area contributed by atoms with Gasteiger partial charge in [-0.3, -0.25) is 4.90 Å². The maximum absolute atomic E-state index is 12.6. The molecule has 0 bridgehead atoms. The van der Waals surface area contributed by atoms with Crippen molar-refractivity contribution in [1.82, 2.24) is 0 Å². The summed E-state index contributed by atoms with van der Waals surface area (Å²) in [4.78, 5) is 1.47. The van der Waals surface area contributed by atoms with Gasteiger partial charge in [-0.1, -0.05) is 0 Å². The van der Waals surface area contributed by atoms with Gasteiger partial charge in [0.15, 0.2) is 0 Å². The van der Waals surface area contributed by atoms with Crippen molar-refractivity contribution in [3.05, 3.63) is 30.1 Å². The Morgan fingerprint density at radius 2 is 1.69 bits per heavy atom. The molecule has 3 heteroatoms. The van der Waals surface area contributed by atoms with Gasteiger partial charge in [0.2, 0.25) is 0 Å². The van der Waals surface area contributed by atoms with Crippen LogP contribution in [0.2, 0.25) is 0 Å². The number of hydrogen-bond donors (Lipinski definition) is 2. The fraction of sp³-hybridized carbons (Fsp3) is 0.400. The number of halogens is 1. The predicted molar refractivity (Wildman–Crippen MR) is 48.4 cm³/mol. The van der Waals surface area contributed by atoms with Gasteiger partial charge in [-0.25, -0.2) is 4.39 Å². The van der Waals surface area contributed by atoms with Crippen LogP contribution >= 0.6 is 0 Å². The van der Waals surface area contributed by atoms with Gasteiger partial charge in [0.1, 0.15) is 37.7 Å². The van der Waals surface area contributed by atoms with Crippen molar-refractivity contribution in [2.75, 3.05) is 26.2 Å². The van der Waals surface area contributed by atoms with Crippen molar-refractivity contribution in [1.29, 1.82) is 0 Å². The van der Waals surface area contributed by atoms with Crippen molar-refractivity contribution in [3.8, 4) is 0 Å². The van der Waals surface area contributed by atoms with Gasteiger partial charge in [-0.15, -0.1) is 0 Å². The molecule has 1 saturated heterocycles. The molecule has 0 spiro atoms. The molecule has 1 fully saturated rings. The van der Waals surface area contributed by atoms with E-state index >= 15 is 0 Å². The van der Waals surface area contributed by atoms with Gasteiger partial charge in [-0.05, 0) is 12.1 Å². The lowest BCUT2D eigenvalue weighted by molar-refractivity contribution is -0.895. The number of nitrogens with two attached hydrogens (primary N) is 1. The molecule has 13 heavy (non-hydrogen) atoms. The lowest BCUT2D eigenvalue weighted by atomic mass is 10.2. The SMILES string of the molecule is Fc1ccc([NH+]2CC[NH2+]CC2)cc1. The van der Waals surface area contributed by atoms with Crippen LogP contribution in [0, 0.1) is 5.82 Å². The van der Waals surface area contributed by atoms with Gasteiger partial charge >= 0.3 is 0 Å². The number of piperazine rings is 1. The molecule has 0 aliphatic carbocycles. The van der Waals surface area contributed by atoms with Crippen LogP contribution < -0.4 is 10.2 Å². The van der Waals surface area contributed by atoms with Crippen molar-refractivity contribution in [3.63, 3.8) is 0 Å². The molecule has 2 nitrogen and oxygen atoms in total. The first-order chi connectivity index (χ1) is 6.36. The Kier molecular flexibility index (Phi) is 2.57. The number of benzene rings is 1. The third kappa shape index (κ3) is 2.05. The van der Waals surface area contributed by atoms with Gasteiger partial charge in [0.25, 0.3) is 0 Å². The molecule has 0 radical (unpaired) electrons. The third-order valence-electron chi connectivity index (χ3n) is 2.55. The van der Waals surface area contributed by atoms with Gasteiger partial charge in [0, 0.05) is 12.1 Å². The summed E-state index contributed by atoms with van der Waals surface area (Å²) in [7, 11) is 0. The summed E-state index contributed by atoms with van der Waals surface area (Å²) in [5, 5.41) is 2.33. The first-order valence-electron chi connectivity index (χ1n) is 4.78. The van der Waals surface area contributed by atoms with E-state index in [2.05, 4.69) is 5.32 Å². The summed E-state index contributed by atoms with van der Waals surface area (Å²) in [5.41, 5.74) is 1.22. The molecule has 1 aliphatic rings. The van der Waals surface area contributed by atoms with Crippen molar-refractivity contribution >= 4 is 5.69 Å². The molecule has 0 saturated carbocycles. The molecule has 70 valence electrons. The summed E-state index contributed by atoms with van der Waals surface area (Å²) in [6, 6.07) is 6.85. The molecule has 0 aromatic heterocycles. The van der Waals surface area contributed by atoms with E-state index in [1.54, 1.807) is 12.1 Å².